The Bertz CT molecular complexity index is 896. The molecule has 0 heterocycles. The molecule has 0 spiro atoms. The van der Waals surface area contributed by atoms with Gasteiger partial charge in [0.1, 0.15) is 11.4 Å². The van der Waals surface area contributed by atoms with Gasteiger partial charge in [-0.3, -0.25) is 35.8 Å². The lowest BCUT2D eigenvalue weighted by Crippen LogP contribution is -1.99. The molecule has 0 aliphatic carbocycles. The molecule has 0 aliphatic rings. The SMILES string of the molecule is O=[N+]([O-])c1ccc(O)c(C=NNc2ccc([N+](=O)[O-])cc2[N+](=O)[O-])c1. The fraction of sp³-hybridized carbons (Fsp3) is 0. The molecule has 2 rings (SSSR count). The number of rotatable bonds is 6. The standard InChI is InChI=1S/C13H9N5O7/c19-13-4-2-9(16(20)21)5-8(13)7-14-15-11-3-1-10(17(22)23)6-12(11)18(24)25/h1-7,15,19H. The highest BCUT2D eigenvalue weighted by Crippen LogP contribution is 2.29. The number of non-ortho nitro benzene ring substituents is 2. The molecular formula is C13H9N5O7. The third kappa shape index (κ3) is 4.01. The fourth-order valence-corrected chi connectivity index (χ4v) is 1.81. The van der Waals surface area contributed by atoms with Gasteiger partial charge in [-0.25, -0.2) is 0 Å². The van der Waals surface area contributed by atoms with Crippen molar-refractivity contribution in [2.75, 3.05) is 5.43 Å². The summed E-state index contributed by atoms with van der Waals surface area (Å²) in [5.74, 6) is -0.283. The Labute approximate surface area is 138 Å². The summed E-state index contributed by atoms with van der Waals surface area (Å²) in [4.78, 5) is 30.1. The first-order chi connectivity index (χ1) is 11.8. The number of nitrogens with zero attached hydrogens (tertiary/aromatic N) is 4. The van der Waals surface area contributed by atoms with Crippen molar-refractivity contribution in [1.29, 1.82) is 0 Å². The second-order valence-corrected chi connectivity index (χ2v) is 4.59. The lowest BCUT2D eigenvalue weighted by atomic mass is 10.2. The molecule has 0 radical (unpaired) electrons. The molecule has 0 atom stereocenters. The van der Waals surface area contributed by atoms with Crippen molar-refractivity contribution in [1.82, 2.24) is 0 Å². The Morgan fingerprint density at radius 1 is 0.920 bits per heavy atom. The van der Waals surface area contributed by atoms with Crippen molar-refractivity contribution in [2.24, 2.45) is 5.10 Å². The topological polar surface area (TPSA) is 174 Å². The summed E-state index contributed by atoms with van der Waals surface area (Å²) in [6.07, 6.45) is 1.02. The van der Waals surface area contributed by atoms with Crippen LogP contribution in [0.1, 0.15) is 5.56 Å². The van der Waals surface area contributed by atoms with Crippen LogP contribution in [0.2, 0.25) is 0 Å². The summed E-state index contributed by atoms with van der Waals surface area (Å²) in [6.45, 7) is 0. The van der Waals surface area contributed by atoms with Gasteiger partial charge in [0.05, 0.1) is 27.1 Å². The van der Waals surface area contributed by atoms with E-state index in [1.54, 1.807) is 0 Å². The van der Waals surface area contributed by atoms with E-state index < -0.39 is 26.1 Å². The molecule has 0 saturated heterocycles. The number of nitro benzene ring substituents is 3. The molecule has 2 aromatic rings. The first kappa shape index (κ1) is 17.3. The molecule has 0 aromatic heterocycles. The second kappa shape index (κ2) is 6.99. The first-order valence-corrected chi connectivity index (χ1v) is 6.49. The van der Waals surface area contributed by atoms with Gasteiger partial charge in [0, 0.05) is 23.8 Å². The van der Waals surface area contributed by atoms with Gasteiger partial charge in [-0.1, -0.05) is 0 Å². The van der Waals surface area contributed by atoms with E-state index in [4.69, 9.17) is 0 Å². The highest BCUT2D eigenvalue weighted by atomic mass is 16.6. The smallest absolute Gasteiger partial charge is 0.301 e. The quantitative estimate of drug-likeness (QED) is 0.455. The molecule has 25 heavy (non-hydrogen) atoms. The lowest BCUT2D eigenvalue weighted by Gasteiger charge is -2.02. The average molecular weight is 347 g/mol. The van der Waals surface area contributed by atoms with Crippen molar-refractivity contribution in [3.63, 3.8) is 0 Å². The summed E-state index contributed by atoms with van der Waals surface area (Å²) in [5, 5.41) is 45.6. The molecule has 0 amide bonds. The predicted molar refractivity (Wildman–Crippen MR) is 85.7 cm³/mol. The zero-order valence-electron chi connectivity index (χ0n) is 12.2. The van der Waals surface area contributed by atoms with E-state index in [1.807, 2.05) is 0 Å². The van der Waals surface area contributed by atoms with Crippen LogP contribution in [0.4, 0.5) is 22.7 Å². The van der Waals surface area contributed by atoms with E-state index in [9.17, 15) is 35.4 Å². The van der Waals surface area contributed by atoms with E-state index in [1.165, 1.54) is 0 Å². The number of phenolic OH excluding ortho intramolecular Hbond substituents is 1. The normalized spacial score (nSPS) is 10.6. The van der Waals surface area contributed by atoms with Crippen LogP contribution in [-0.2, 0) is 0 Å². The van der Waals surface area contributed by atoms with Crippen molar-refractivity contribution < 1.29 is 19.9 Å². The minimum absolute atomic E-state index is 0.00580. The summed E-state index contributed by atoms with van der Waals surface area (Å²) in [7, 11) is 0. The highest BCUT2D eigenvalue weighted by molar-refractivity contribution is 5.85. The predicted octanol–water partition coefficient (Wildman–Crippen LogP) is 2.56. The van der Waals surface area contributed by atoms with E-state index in [0.29, 0.717) is 0 Å². The number of phenols is 1. The van der Waals surface area contributed by atoms with Crippen molar-refractivity contribution in [3.8, 4) is 5.75 Å². The molecule has 0 unspecified atom stereocenters. The number of hydrazone groups is 1. The number of hydrogen-bond donors (Lipinski definition) is 2. The molecule has 0 bridgehead atoms. The van der Waals surface area contributed by atoms with Gasteiger partial charge in [-0.05, 0) is 12.1 Å². The van der Waals surface area contributed by atoms with Gasteiger partial charge in [0.15, 0.2) is 0 Å². The van der Waals surface area contributed by atoms with Crippen molar-refractivity contribution >= 4 is 29.0 Å². The van der Waals surface area contributed by atoms with Crippen LogP contribution in [0.25, 0.3) is 0 Å². The maximum atomic E-state index is 11.0. The Morgan fingerprint density at radius 2 is 1.52 bits per heavy atom. The van der Waals surface area contributed by atoms with Crippen LogP contribution in [0.15, 0.2) is 41.5 Å². The van der Waals surface area contributed by atoms with E-state index in [2.05, 4.69) is 10.5 Å². The zero-order chi connectivity index (χ0) is 18.6. The number of nitro groups is 3. The van der Waals surface area contributed by atoms with Gasteiger partial charge in [0.25, 0.3) is 11.4 Å². The van der Waals surface area contributed by atoms with Crippen LogP contribution >= 0.6 is 0 Å². The summed E-state index contributed by atoms with van der Waals surface area (Å²) >= 11 is 0. The second-order valence-electron chi connectivity index (χ2n) is 4.59. The minimum Gasteiger partial charge on any atom is -0.507 e. The Hall–Kier alpha value is -4.09. The molecule has 0 saturated carbocycles. The highest BCUT2D eigenvalue weighted by Gasteiger charge is 2.19. The van der Waals surface area contributed by atoms with Crippen LogP contribution < -0.4 is 5.43 Å². The minimum atomic E-state index is -0.824. The molecule has 2 aromatic carbocycles. The summed E-state index contributed by atoms with van der Waals surface area (Å²) < 4.78 is 0. The molecular weight excluding hydrogens is 338 g/mol. The lowest BCUT2D eigenvalue weighted by molar-refractivity contribution is -0.393. The van der Waals surface area contributed by atoms with E-state index in [0.717, 1.165) is 42.6 Å². The van der Waals surface area contributed by atoms with E-state index in [-0.39, 0.29) is 22.7 Å². The maximum Gasteiger partial charge on any atom is 0.301 e. The molecule has 12 heteroatoms. The molecule has 12 nitrogen and oxygen atoms in total. The van der Waals surface area contributed by atoms with Crippen LogP contribution in [-0.4, -0.2) is 26.1 Å². The zero-order valence-corrected chi connectivity index (χ0v) is 12.2. The number of anilines is 1. The van der Waals surface area contributed by atoms with E-state index >= 15 is 0 Å². The first-order valence-electron chi connectivity index (χ1n) is 6.49. The maximum absolute atomic E-state index is 11.0. The van der Waals surface area contributed by atoms with Crippen molar-refractivity contribution in [2.45, 2.75) is 0 Å². The number of aromatic hydroxyl groups is 1. The van der Waals surface area contributed by atoms with Crippen LogP contribution in [0.5, 0.6) is 5.75 Å². The van der Waals surface area contributed by atoms with Crippen LogP contribution in [0, 0.1) is 30.3 Å². The van der Waals surface area contributed by atoms with Crippen molar-refractivity contribution in [3.05, 3.63) is 72.3 Å². The van der Waals surface area contributed by atoms with Gasteiger partial charge >= 0.3 is 5.69 Å². The fourth-order valence-electron chi connectivity index (χ4n) is 1.81. The third-order valence-electron chi connectivity index (χ3n) is 3.00. The van der Waals surface area contributed by atoms with Gasteiger partial charge in [0.2, 0.25) is 0 Å². The number of nitrogens with one attached hydrogen (secondary N) is 1. The largest absolute Gasteiger partial charge is 0.507 e. The van der Waals surface area contributed by atoms with Gasteiger partial charge < -0.3 is 5.11 Å². The van der Waals surface area contributed by atoms with Gasteiger partial charge in [-0.15, -0.1) is 0 Å². The Morgan fingerprint density at radius 3 is 2.12 bits per heavy atom. The summed E-state index contributed by atoms with van der Waals surface area (Å²) in [5.41, 5.74) is 0.875. The number of hydrogen-bond acceptors (Lipinski definition) is 9. The molecule has 0 aliphatic heterocycles. The molecule has 128 valence electrons. The molecule has 0 fully saturated rings. The third-order valence-corrected chi connectivity index (χ3v) is 3.00. The summed E-state index contributed by atoms with van der Waals surface area (Å²) in [6, 6.07) is 6.18. The Kier molecular flexibility index (Phi) is 4.83. The van der Waals surface area contributed by atoms with Gasteiger partial charge in [-0.2, -0.15) is 5.10 Å². The monoisotopic (exact) mass is 347 g/mol. The molecule has 2 N–H and O–H groups in total. The average Bonchev–Trinajstić information content (AvgIpc) is 2.56. The van der Waals surface area contributed by atoms with Crippen LogP contribution in [0.3, 0.4) is 0 Å². The Balaban J connectivity index is 2.28. The number of benzene rings is 2.